The molecule has 2 atom stereocenters. The normalized spacial score (nSPS) is 21.0. The molecule has 0 radical (unpaired) electrons. The molecule has 1 aromatic heterocycles. The average Bonchev–Trinajstić information content (AvgIpc) is 2.61. The Morgan fingerprint density at radius 3 is 2.71 bits per heavy atom. The van der Waals surface area contributed by atoms with Crippen LogP contribution in [0.25, 0.3) is 11.1 Å². The average molecular weight is 334 g/mol. The van der Waals surface area contributed by atoms with E-state index in [1.165, 1.54) is 24.4 Å². The molecule has 3 rings (SSSR count). The summed E-state index contributed by atoms with van der Waals surface area (Å²) in [7, 11) is 1.70. The quantitative estimate of drug-likeness (QED) is 0.913. The Labute approximate surface area is 139 Å². The minimum absolute atomic E-state index is 0.0513. The van der Waals surface area contributed by atoms with Crippen LogP contribution in [-0.4, -0.2) is 37.5 Å². The Hall–Kier alpha value is -1.89. The molecule has 4 nitrogen and oxygen atoms in total. The van der Waals surface area contributed by atoms with Crippen molar-refractivity contribution in [1.29, 1.82) is 0 Å². The van der Waals surface area contributed by atoms with Gasteiger partial charge in [-0.2, -0.15) is 0 Å². The van der Waals surface area contributed by atoms with Gasteiger partial charge < -0.3 is 14.8 Å². The molecule has 0 unspecified atom stereocenters. The maximum atomic E-state index is 13.8. The molecule has 0 aliphatic carbocycles. The highest BCUT2D eigenvalue weighted by atomic mass is 19.1. The van der Waals surface area contributed by atoms with Crippen LogP contribution >= 0.6 is 0 Å². The zero-order valence-electron chi connectivity index (χ0n) is 13.5. The third kappa shape index (κ3) is 3.77. The number of aromatic nitrogens is 1. The SMILES string of the molecule is CO[C@@H]1CCOC[C@H]1NCc1ccc(-c2c(F)cccc2F)cn1. The van der Waals surface area contributed by atoms with Crippen LogP contribution in [0.15, 0.2) is 36.5 Å². The van der Waals surface area contributed by atoms with Crippen LogP contribution in [0.3, 0.4) is 0 Å². The Morgan fingerprint density at radius 2 is 2.04 bits per heavy atom. The summed E-state index contributed by atoms with van der Waals surface area (Å²) in [5, 5.41) is 3.36. The van der Waals surface area contributed by atoms with Crippen LogP contribution in [0.4, 0.5) is 8.78 Å². The highest BCUT2D eigenvalue weighted by Crippen LogP contribution is 2.25. The lowest BCUT2D eigenvalue weighted by molar-refractivity contribution is -0.0374. The first kappa shape index (κ1) is 17.0. The Kier molecular flexibility index (Phi) is 5.50. The fraction of sp³-hybridized carbons (Fsp3) is 0.389. The van der Waals surface area contributed by atoms with E-state index in [4.69, 9.17) is 9.47 Å². The molecule has 128 valence electrons. The largest absolute Gasteiger partial charge is 0.380 e. The molecule has 1 fully saturated rings. The van der Waals surface area contributed by atoms with Crippen LogP contribution in [0.1, 0.15) is 12.1 Å². The second-order valence-electron chi connectivity index (χ2n) is 5.76. The third-order valence-corrected chi connectivity index (χ3v) is 4.22. The molecule has 1 aliphatic rings. The van der Waals surface area contributed by atoms with E-state index in [1.54, 1.807) is 19.2 Å². The van der Waals surface area contributed by atoms with E-state index in [1.807, 2.05) is 0 Å². The van der Waals surface area contributed by atoms with Gasteiger partial charge in [-0.1, -0.05) is 12.1 Å². The molecule has 0 amide bonds. The second-order valence-corrected chi connectivity index (χ2v) is 5.76. The number of rotatable bonds is 5. The smallest absolute Gasteiger partial charge is 0.134 e. The van der Waals surface area contributed by atoms with Crippen LogP contribution in [0, 0.1) is 11.6 Å². The van der Waals surface area contributed by atoms with Gasteiger partial charge in [0.2, 0.25) is 0 Å². The zero-order valence-corrected chi connectivity index (χ0v) is 13.5. The first-order valence-corrected chi connectivity index (χ1v) is 7.92. The van der Waals surface area contributed by atoms with Gasteiger partial charge in [-0.05, 0) is 24.6 Å². The van der Waals surface area contributed by atoms with Gasteiger partial charge in [0.1, 0.15) is 11.6 Å². The molecular formula is C18H20F2N2O2. The van der Waals surface area contributed by atoms with E-state index in [9.17, 15) is 8.78 Å². The molecule has 24 heavy (non-hydrogen) atoms. The number of benzene rings is 1. The van der Waals surface area contributed by atoms with Crippen molar-refractivity contribution in [3.63, 3.8) is 0 Å². The first-order valence-electron chi connectivity index (χ1n) is 7.92. The highest BCUT2D eigenvalue weighted by Gasteiger charge is 2.25. The zero-order chi connectivity index (χ0) is 16.9. The summed E-state index contributed by atoms with van der Waals surface area (Å²) in [6.07, 6.45) is 2.46. The minimum atomic E-state index is -0.593. The third-order valence-electron chi connectivity index (χ3n) is 4.22. The van der Waals surface area contributed by atoms with Crippen molar-refractivity contribution in [2.24, 2.45) is 0 Å². The van der Waals surface area contributed by atoms with Gasteiger partial charge in [0.05, 0.1) is 30.0 Å². The standard InChI is InChI=1S/C18H20F2N2O2/c1-23-17-7-8-24-11-16(17)22-10-13-6-5-12(9-21-13)18-14(19)3-2-4-15(18)20/h2-6,9,16-17,22H,7-8,10-11H2,1H3/t16-,17-/m1/s1. The van der Waals surface area contributed by atoms with E-state index in [2.05, 4.69) is 10.3 Å². The van der Waals surface area contributed by atoms with Gasteiger partial charge in [-0.25, -0.2) is 8.78 Å². The first-order chi connectivity index (χ1) is 11.7. The molecule has 1 aromatic carbocycles. The van der Waals surface area contributed by atoms with Gasteiger partial charge in [0.25, 0.3) is 0 Å². The van der Waals surface area contributed by atoms with Crippen molar-refractivity contribution >= 4 is 0 Å². The van der Waals surface area contributed by atoms with E-state index in [-0.39, 0.29) is 17.7 Å². The van der Waals surface area contributed by atoms with Crippen molar-refractivity contribution in [3.8, 4) is 11.1 Å². The molecule has 1 aliphatic heterocycles. The van der Waals surface area contributed by atoms with Gasteiger partial charge in [-0.3, -0.25) is 4.98 Å². The topological polar surface area (TPSA) is 43.4 Å². The summed E-state index contributed by atoms with van der Waals surface area (Å²) < 4.78 is 38.5. The molecule has 0 saturated carbocycles. The van der Waals surface area contributed by atoms with Gasteiger partial charge >= 0.3 is 0 Å². The second kappa shape index (κ2) is 7.79. The van der Waals surface area contributed by atoms with Crippen LogP contribution in [0.2, 0.25) is 0 Å². The lowest BCUT2D eigenvalue weighted by atomic mass is 10.1. The fourth-order valence-electron chi connectivity index (χ4n) is 2.88. The van der Waals surface area contributed by atoms with E-state index in [0.29, 0.717) is 25.3 Å². The number of ether oxygens (including phenoxy) is 2. The Bertz CT molecular complexity index is 659. The molecular weight excluding hydrogens is 314 g/mol. The van der Waals surface area contributed by atoms with Crippen LogP contribution in [-0.2, 0) is 16.0 Å². The number of hydrogen-bond donors (Lipinski definition) is 1. The number of nitrogens with one attached hydrogen (secondary N) is 1. The summed E-state index contributed by atoms with van der Waals surface area (Å²) in [6, 6.07) is 7.37. The Balaban J connectivity index is 1.67. The molecule has 0 bridgehead atoms. The van der Waals surface area contributed by atoms with Crippen molar-refractivity contribution < 1.29 is 18.3 Å². The van der Waals surface area contributed by atoms with E-state index < -0.39 is 11.6 Å². The Morgan fingerprint density at radius 1 is 1.25 bits per heavy atom. The van der Waals surface area contributed by atoms with Crippen LogP contribution in [0.5, 0.6) is 0 Å². The van der Waals surface area contributed by atoms with Crippen molar-refractivity contribution in [3.05, 3.63) is 53.9 Å². The number of halogens is 2. The number of methoxy groups -OCH3 is 1. The van der Waals surface area contributed by atoms with Gasteiger partial charge in [-0.15, -0.1) is 0 Å². The number of pyridine rings is 1. The number of hydrogen-bond acceptors (Lipinski definition) is 4. The minimum Gasteiger partial charge on any atom is -0.380 e. The molecule has 1 N–H and O–H groups in total. The summed E-state index contributed by atoms with van der Waals surface area (Å²) in [5.41, 5.74) is 1.16. The lowest BCUT2D eigenvalue weighted by Crippen LogP contribution is -2.47. The maximum absolute atomic E-state index is 13.8. The summed E-state index contributed by atoms with van der Waals surface area (Å²) in [4.78, 5) is 4.30. The molecule has 2 heterocycles. The molecule has 2 aromatic rings. The van der Waals surface area contributed by atoms with Crippen molar-refractivity contribution in [1.82, 2.24) is 10.3 Å². The van der Waals surface area contributed by atoms with Crippen LogP contribution < -0.4 is 5.32 Å². The monoisotopic (exact) mass is 334 g/mol. The summed E-state index contributed by atoms with van der Waals surface area (Å²) in [5.74, 6) is -1.19. The predicted octanol–water partition coefficient (Wildman–Crippen LogP) is 2.92. The molecule has 1 saturated heterocycles. The van der Waals surface area contributed by atoms with E-state index >= 15 is 0 Å². The summed E-state index contributed by atoms with van der Waals surface area (Å²) in [6.45, 7) is 1.84. The molecule has 6 heteroatoms. The van der Waals surface area contributed by atoms with Crippen molar-refractivity contribution in [2.75, 3.05) is 20.3 Å². The predicted molar refractivity (Wildman–Crippen MR) is 86.4 cm³/mol. The van der Waals surface area contributed by atoms with Gasteiger partial charge in [0, 0.05) is 32.0 Å². The van der Waals surface area contributed by atoms with E-state index in [0.717, 1.165) is 12.1 Å². The maximum Gasteiger partial charge on any atom is 0.134 e. The lowest BCUT2D eigenvalue weighted by Gasteiger charge is -2.31. The molecule has 0 spiro atoms. The highest BCUT2D eigenvalue weighted by molar-refractivity contribution is 5.63. The van der Waals surface area contributed by atoms with Crippen molar-refractivity contribution in [2.45, 2.75) is 25.1 Å². The van der Waals surface area contributed by atoms with Gasteiger partial charge in [0.15, 0.2) is 0 Å². The summed E-state index contributed by atoms with van der Waals surface area (Å²) >= 11 is 0. The number of nitrogens with zero attached hydrogens (tertiary/aromatic N) is 1. The fourth-order valence-corrected chi connectivity index (χ4v) is 2.88.